The first-order valence-corrected chi connectivity index (χ1v) is 4.39. The molecule has 0 fully saturated rings. The highest BCUT2D eigenvalue weighted by atomic mass is 31.2. The van der Waals surface area contributed by atoms with Gasteiger partial charge in [0.15, 0.2) is 0 Å². The molecular formula is C4H8NO4P. The van der Waals surface area contributed by atoms with Crippen molar-refractivity contribution in [2.75, 3.05) is 6.66 Å². The van der Waals surface area contributed by atoms with E-state index in [1.165, 1.54) is 0 Å². The minimum atomic E-state index is -3.61. The molecule has 6 heteroatoms. The summed E-state index contributed by atoms with van der Waals surface area (Å²) in [5, 5.41) is 0. The Balaban J connectivity index is 3.66. The van der Waals surface area contributed by atoms with Crippen molar-refractivity contribution < 1.29 is 18.9 Å². The van der Waals surface area contributed by atoms with Crippen LogP contribution in [0.15, 0.2) is 12.7 Å². The fourth-order valence-corrected chi connectivity index (χ4v) is 0.431. The van der Waals surface area contributed by atoms with Crippen molar-refractivity contribution in [2.24, 2.45) is 0 Å². The second-order valence-corrected chi connectivity index (χ2v) is 3.35. The summed E-state index contributed by atoms with van der Waals surface area (Å²) < 4.78 is 14.3. The largest absolute Gasteiger partial charge is 0.346 e. The molecule has 0 rings (SSSR count). The number of hydrogen-bond donors (Lipinski definition) is 2. The molecule has 0 saturated carbocycles. The molecule has 0 spiro atoms. The molecule has 10 heavy (non-hydrogen) atoms. The molecule has 0 aliphatic rings. The first kappa shape index (κ1) is 9.36. The molecule has 0 saturated heterocycles. The minimum Gasteiger partial charge on any atom is -0.323 e. The molecule has 1 unspecified atom stereocenters. The quantitative estimate of drug-likeness (QED) is 0.351. The molecule has 0 heterocycles. The maximum atomic E-state index is 10.3. The Morgan fingerprint density at radius 2 is 2.40 bits per heavy atom. The fourth-order valence-electron chi connectivity index (χ4n) is 0.171. The Labute approximate surface area is 58.2 Å². The normalized spacial score (nSPS) is 15.4. The summed E-state index contributed by atoms with van der Waals surface area (Å²) in [7, 11) is -3.61. The van der Waals surface area contributed by atoms with Gasteiger partial charge < -0.3 is 4.89 Å². The summed E-state index contributed by atoms with van der Waals surface area (Å²) in [4.78, 5) is 18.7. The van der Waals surface area contributed by atoms with E-state index in [9.17, 15) is 9.36 Å². The first-order valence-electron chi connectivity index (χ1n) is 2.37. The van der Waals surface area contributed by atoms with Gasteiger partial charge in [-0.05, 0) is 6.08 Å². The van der Waals surface area contributed by atoms with Gasteiger partial charge in [0, 0.05) is 6.66 Å². The van der Waals surface area contributed by atoms with Gasteiger partial charge in [0.05, 0.1) is 0 Å². The van der Waals surface area contributed by atoms with Gasteiger partial charge in [-0.2, -0.15) is 4.62 Å². The molecular weight excluding hydrogens is 157 g/mol. The molecule has 2 N–H and O–H groups in total. The maximum absolute atomic E-state index is 10.3. The lowest BCUT2D eigenvalue weighted by atomic mass is 10.6. The number of carbonyl (C=O) groups is 1. The van der Waals surface area contributed by atoms with E-state index in [0.29, 0.717) is 0 Å². The first-order chi connectivity index (χ1) is 4.45. The van der Waals surface area contributed by atoms with E-state index in [1.54, 1.807) is 5.48 Å². The highest BCUT2D eigenvalue weighted by molar-refractivity contribution is 7.51. The molecule has 1 atom stereocenters. The molecule has 0 aliphatic heterocycles. The van der Waals surface area contributed by atoms with E-state index in [-0.39, 0.29) is 0 Å². The van der Waals surface area contributed by atoms with Crippen molar-refractivity contribution in [3.63, 3.8) is 0 Å². The van der Waals surface area contributed by atoms with E-state index in [4.69, 9.17) is 4.89 Å². The van der Waals surface area contributed by atoms with Crippen molar-refractivity contribution in [3.05, 3.63) is 12.7 Å². The van der Waals surface area contributed by atoms with E-state index in [1.807, 2.05) is 0 Å². The van der Waals surface area contributed by atoms with Gasteiger partial charge in [0.1, 0.15) is 0 Å². The van der Waals surface area contributed by atoms with Crippen LogP contribution in [0.4, 0.5) is 0 Å². The van der Waals surface area contributed by atoms with Crippen molar-refractivity contribution in [2.45, 2.75) is 0 Å². The number of nitrogens with one attached hydrogen (secondary N) is 1. The van der Waals surface area contributed by atoms with Gasteiger partial charge in [-0.25, -0.2) is 5.48 Å². The molecule has 58 valence electrons. The van der Waals surface area contributed by atoms with Crippen LogP contribution >= 0.6 is 7.60 Å². The molecule has 5 nitrogen and oxygen atoms in total. The standard InChI is InChI=1S/C4H8NO4P/c1-3-4(6)5-9-10(2,7)8/h3H,1H2,2H3,(H,5,6)(H,7,8). The third kappa shape index (κ3) is 5.50. The zero-order valence-electron chi connectivity index (χ0n) is 5.40. The van der Waals surface area contributed by atoms with Crippen LogP contribution in [0.25, 0.3) is 0 Å². The van der Waals surface area contributed by atoms with Crippen LogP contribution in [0.5, 0.6) is 0 Å². The molecule has 0 radical (unpaired) electrons. The smallest absolute Gasteiger partial charge is 0.323 e. The lowest BCUT2D eigenvalue weighted by Crippen LogP contribution is -2.19. The van der Waals surface area contributed by atoms with Crippen LogP contribution in [0.3, 0.4) is 0 Å². The number of rotatable bonds is 3. The van der Waals surface area contributed by atoms with Gasteiger partial charge in [-0.15, -0.1) is 0 Å². The van der Waals surface area contributed by atoms with E-state index >= 15 is 0 Å². The summed E-state index contributed by atoms with van der Waals surface area (Å²) in [5.41, 5.74) is 1.70. The van der Waals surface area contributed by atoms with E-state index in [0.717, 1.165) is 12.7 Å². The van der Waals surface area contributed by atoms with Gasteiger partial charge in [-0.1, -0.05) is 6.58 Å². The van der Waals surface area contributed by atoms with Gasteiger partial charge >= 0.3 is 7.60 Å². The van der Waals surface area contributed by atoms with Gasteiger partial charge in [-0.3, -0.25) is 9.36 Å². The average molecular weight is 165 g/mol. The van der Waals surface area contributed by atoms with Gasteiger partial charge in [0.2, 0.25) is 0 Å². The average Bonchev–Trinajstić information content (AvgIpc) is 1.81. The Kier molecular flexibility index (Phi) is 3.28. The molecule has 0 aromatic carbocycles. The fraction of sp³-hybridized carbons (Fsp3) is 0.250. The Hall–Kier alpha value is -0.640. The zero-order valence-corrected chi connectivity index (χ0v) is 6.30. The Morgan fingerprint density at radius 1 is 1.90 bits per heavy atom. The van der Waals surface area contributed by atoms with Crippen molar-refractivity contribution in [1.82, 2.24) is 5.48 Å². The van der Waals surface area contributed by atoms with Crippen LogP contribution in [0.2, 0.25) is 0 Å². The highest BCUT2D eigenvalue weighted by Crippen LogP contribution is 2.34. The summed E-state index contributed by atoms with van der Waals surface area (Å²) >= 11 is 0. The lowest BCUT2D eigenvalue weighted by molar-refractivity contribution is -0.123. The molecule has 1 amide bonds. The van der Waals surface area contributed by atoms with E-state index < -0.39 is 13.5 Å². The highest BCUT2D eigenvalue weighted by Gasteiger charge is 2.10. The van der Waals surface area contributed by atoms with E-state index in [2.05, 4.69) is 11.2 Å². The lowest BCUT2D eigenvalue weighted by Gasteiger charge is -2.04. The van der Waals surface area contributed by atoms with Crippen LogP contribution in [-0.4, -0.2) is 17.5 Å². The number of hydrogen-bond acceptors (Lipinski definition) is 3. The monoisotopic (exact) mass is 165 g/mol. The third-order valence-corrected chi connectivity index (χ3v) is 0.931. The predicted octanol–water partition coefficient (Wildman–Crippen LogP) is 0.0354. The topological polar surface area (TPSA) is 75.6 Å². The maximum Gasteiger partial charge on any atom is 0.346 e. The Bertz CT molecular complexity index is 184. The molecule has 0 aliphatic carbocycles. The van der Waals surface area contributed by atoms with Crippen LogP contribution in [0, 0.1) is 0 Å². The number of amides is 1. The summed E-state index contributed by atoms with van der Waals surface area (Å²) in [5.74, 6) is -0.656. The van der Waals surface area contributed by atoms with Gasteiger partial charge in [0.25, 0.3) is 5.91 Å². The van der Waals surface area contributed by atoms with Crippen LogP contribution < -0.4 is 5.48 Å². The Morgan fingerprint density at radius 3 is 2.70 bits per heavy atom. The van der Waals surface area contributed by atoms with Crippen molar-refractivity contribution in [3.8, 4) is 0 Å². The summed E-state index contributed by atoms with van der Waals surface area (Å²) in [6.07, 6.45) is 0.926. The van der Waals surface area contributed by atoms with Crippen molar-refractivity contribution >= 4 is 13.5 Å². The second-order valence-electron chi connectivity index (χ2n) is 1.56. The number of carbonyl (C=O) groups excluding carboxylic acids is 1. The number of hydroxylamine groups is 1. The van der Waals surface area contributed by atoms with Crippen LogP contribution in [0.1, 0.15) is 0 Å². The summed E-state index contributed by atoms with van der Waals surface area (Å²) in [6.45, 7) is 4.05. The molecule has 0 bridgehead atoms. The SMILES string of the molecule is C=CC(=O)NOP(C)(=O)O. The molecule has 0 aromatic rings. The van der Waals surface area contributed by atoms with Crippen molar-refractivity contribution in [1.29, 1.82) is 0 Å². The summed E-state index contributed by atoms with van der Waals surface area (Å²) in [6, 6.07) is 0. The second kappa shape index (κ2) is 3.51. The zero-order chi connectivity index (χ0) is 8.20. The molecule has 0 aromatic heterocycles. The third-order valence-electron chi connectivity index (χ3n) is 0.501. The predicted molar refractivity (Wildman–Crippen MR) is 35.2 cm³/mol. The van der Waals surface area contributed by atoms with Crippen LogP contribution in [-0.2, 0) is 14.0 Å². The minimum absolute atomic E-state index is 0.656.